The van der Waals surface area contributed by atoms with E-state index in [0.717, 1.165) is 0 Å². The molecule has 1 atom stereocenters. The van der Waals surface area contributed by atoms with Crippen molar-refractivity contribution < 1.29 is 10.2 Å². The van der Waals surface area contributed by atoms with Crippen molar-refractivity contribution in [3.8, 4) is 6.07 Å². The van der Waals surface area contributed by atoms with Gasteiger partial charge in [-0.05, 0) is 13.0 Å². The maximum Gasteiger partial charge on any atom is 0.223 e. The predicted molar refractivity (Wildman–Crippen MR) is 52.9 cm³/mol. The standard InChI is InChI=1S/C9H12N4O2/c1-9(15,6-14)5-12-8-11-3-2-7(4-10)13-8/h2-3,14-15H,5-6H2,1H3,(H,11,12,13). The topological polar surface area (TPSA) is 102 Å². The molecule has 0 saturated heterocycles. The molecule has 1 aromatic rings. The maximum atomic E-state index is 9.48. The van der Waals surface area contributed by atoms with Gasteiger partial charge in [0.05, 0.1) is 6.61 Å². The molecule has 0 aromatic carbocycles. The lowest BCUT2D eigenvalue weighted by molar-refractivity contribution is 0.0131. The minimum absolute atomic E-state index is 0.110. The van der Waals surface area contributed by atoms with Gasteiger partial charge < -0.3 is 15.5 Å². The highest BCUT2D eigenvalue weighted by Crippen LogP contribution is 2.04. The Hall–Kier alpha value is -1.71. The third-order valence-electron chi connectivity index (χ3n) is 1.74. The molecule has 6 nitrogen and oxygen atoms in total. The van der Waals surface area contributed by atoms with E-state index in [1.807, 2.05) is 6.07 Å². The fourth-order valence-corrected chi connectivity index (χ4v) is 0.832. The van der Waals surface area contributed by atoms with Crippen LogP contribution < -0.4 is 5.32 Å². The van der Waals surface area contributed by atoms with E-state index in [1.165, 1.54) is 19.2 Å². The van der Waals surface area contributed by atoms with E-state index in [2.05, 4.69) is 15.3 Å². The van der Waals surface area contributed by atoms with Gasteiger partial charge in [0.1, 0.15) is 17.4 Å². The molecule has 1 unspecified atom stereocenters. The van der Waals surface area contributed by atoms with Gasteiger partial charge in [-0.15, -0.1) is 0 Å². The smallest absolute Gasteiger partial charge is 0.223 e. The second-order valence-electron chi connectivity index (χ2n) is 3.39. The molecule has 0 spiro atoms. The van der Waals surface area contributed by atoms with E-state index in [9.17, 15) is 5.11 Å². The summed E-state index contributed by atoms with van der Waals surface area (Å²) >= 11 is 0. The molecule has 6 heteroatoms. The summed E-state index contributed by atoms with van der Waals surface area (Å²) in [5, 5.41) is 29.6. The van der Waals surface area contributed by atoms with Crippen LogP contribution in [-0.2, 0) is 0 Å². The number of aliphatic hydroxyl groups is 2. The molecule has 0 aliphatic carbocycles. The molecule has 15 heavy (non-hydrogen) atoms. The summed E-state index contributed by atoms with van der Waals surface area (Å²) in [6.07, 6.45) is 1.45. The number of hydrogen-bond donors (Lipinski definition) is 3. The molecule has 0 aliphatic rings. The zero-order valence-corrected chi connectivity index (χ0v) is 8.30. The van der Waals surface area contributed by atoms with Crippen molar-refractivity contribution in [2.45, 2.75) is 12.5 Å². The number of aliphatic hydroxyl groups excluding tert-OH is 1. The molecule has 3 N–H and O–H groups in total. The van der Waals surface area contributed by atoms with Crippen molar-refractivity contribution in [2.75, 3.05) is 18.5 Å². The van der Waals surface area contributed by atoms with Crippen LogP contribution >= 0.6 is 0 Å². The van der Waals surface area contributed by atoms with Crippen LogP contribution in [0.15, 0.2) is 12.3 Å². The van der Waals surface area contributed by atoms with Gasteiger partial charge in [-0.1, -0.05) is 0 Å². The first kappa shape index (κ1) is 11.4. The maximum absolute atomic E-state index is 9.48. The number of nitriles is 1. The van der Waals surface area contributed by atoms with Crippen LogP contribution in [0.1, 0.15) is 12.6 Å². The van der Waals surface area contributed by atoms with Gasteiger partial charge in [0.15, 0.2) is 0 Å². The molecule has 1 heterocycles. The van der Waals surface area contributed by atoms with Crippen LogP contribution in [0.4, 0.5) is 5.95 Å². The number of anilines is 1. The van der Waals surface area contributed by atoms with Crippen LogP contribution in [0.25, 0.3) is 0 Å². The summed E-state index contributed by atoms with van der Waals surface area (Å²) in [5.41, 5.74) is -0.984. The van der Waals surface area contributed by atoms with Crippen LogP contribution in [0.5, 0.6) is 0 Å². The predicted octanol–water partition coefficient (Wildman–Crippen LogP) is -0.497. The van der Waals surface area contributed by atoms with Gasteiger partial charge in [0.2, 0.25) is 5.95 Å². The molecule has 1 rings (SSSR count). The van der Waals surface area contributed by atoms with E-state index >= 15 is 0 Å². The Labute approximate surface area is 87.2 Å². The largest absolute Gasteiger partial charge is 0.393 e. The van der Waals surface area contributed by atoms with E-state index < -0.39 is 5.60 Å². The monoisotopic (exact) mass is 208 g/mol. The Morgan fingerprint density at radius 1 is 1.67 bits per heavy atom. The molecule has 1 aromatic heterocycles. The molecule has 80 valence electrons. The number of nitrogens with zero attached hydrogens (tertiary/aromatic N) is 3. The van der Waals surface area contributed by atoms with E-state index in [4.69, 9.17) is 10.4 Å². The van der Waals surface area contributed by atoms with Gasteiger partial charge >= 0.3 is 0 Å². The van der Waals surface area contributed by atoms with Crippen LogP contribution in [0.3, 0.4) is 0 Å². The third-order valence-corrected chi connectivity index (χ3v) is 1.74. The number of nitrogens with one attached hydrogen (secondary N) is 1. The third kappa shape index (κ3) is 3.50. The number of hydrogen-bond acceptors (Lipinski definition) is 6. The molecular formula is C9H12N4O2. The van der Waals surface area contributed by atoms with Crippen molar-refractivity contribution in [1.82, 2.24) is 9.97 Å². The Kier molecular flexibility index (Phi) is 3.55. The van der Waals surface area contributed by atoms with Crippen LogP contribution in [-0.4, -0.2) is 38.9 Å². The minimum atomic E-state index is -1.23. The highest BCUT2D eigenvalue weighted by Gasteiger charge is 2.18. The molecule has 0 aliphatic heterocycles. The summed E-state index contributed by atoms with van der Waals surface area (Å²) in [6.45, 7) is 1.23. The fraction of sp³-hybridized carbons (Fsp3) is 0.444. The summed E-state index contributed by atoms with van der Waals surface area (Å²) in [4.78, 5) is 7.71. The lowest BCUT2D eigenvalue weighted by Crippen LogP contribution is -2.37. The second-order valence-corrected chi connectivity index (χ2v) is 3.39. The van der Waals surface area contributed by atoms with Gasteiger partial charge in [-0.3, -0.25) is 0 Å². The molecule has 0 bridgehead atoms. The fourth-order valence-electron chi connectivity index (χ4n) is 0.832. The van der Waals surface area contributed by atoms with E-state index in [0.29, 0.717) is 0 Å². The Morgan fingerprint density at radius 2 is 2.40 bits per heavy atom. The molecular weight excluding hydrogens is 196 g/mol. The summed E-state index contributed by atoms with van der Waals surface area (Å²) < 4.78 is 0. The van der Waals surface area contributed by atoms with Gasteiger partial charge in [0.25, 0.3) is 0 Å². The molecule has 0 saturated carbocycles. The SMILES string of the molecule is CC(O)(CO)CNc1nccc(C#N)n1. The Bertz CT molecular complexity index is 373. The zero-order chi connectivity index (χ0) is 11.3. The van der Waals surface area contributed by atoms with Crippen molar-refractivity contribution in [1.29, 1.82) is 5.26 Å². The average molecular weight is 208 g/mol. The zero-order valence-electron chi connectivity index (χ0n) is 8.30. The summed E-state index contributed by atoms with van der Waals surface area (Å²) in [6, 6.07) is 3.36. The molecule has 0 amide bonds. The van der Waals surface area contributed by atoms with Crippen LogP contribution in [0.2, 0.25) is 0 Å². The normalized spacial score (nSPS) is 14.0. The lowest BCUT2D eigenvalue weighted by Gasteiger charge is -2.20. The van der Waals surface area contributed by atoms with Crippen molar-refractivity contribution in [3.63, 3.8) is 0 Å². The van der Waals surface area contributed by atoms with E-state index in [-0.39, 0.29) is 24.8 Å². The molecule has 0 radical (unpaired) electrons. The van der Waals surface area contributed by atoms with Gasteiger partial charge in [0, 0.05) is 12.7 Å². The van der Waals surface area contributed by atoms with Crippen molar-refractivity contribution >= 4 is 5.95 Å². The van der Waals surface area contributed by atoms with Crippen molar-refractivity contribution in [3.05, 3.63) is 18.0 Å². The van der Waals surface area contributed by atoms with E-state index in [1.54, 1.807) is 0 Å². The Morgan fingerprint density at radius 3 is 3.00 bits per heavy atom. The van der Waals surface area contributed by atoms with Gasteiger partial charge in [-0.25, -0.2) is 9.97 Å². The van der Waals surface area contributed by atoms with Crippen LogP contribution in [0, 0.1) is 11.3 Å². The highest BCUT2D eigenvalue weighted by atomic mass is 16.3. The average Bonchev–Trinajstić information content (AvgIpc) is 2.27. The van der Waals surface area contributed by atoms with Crippen molar-refractivity contribution in [2.24, 2.45) is 0 Å². The summed E-state index contributed by atoms with van der Waals surface area (Å²) in [5.74, 6) is 0.253. The first-order chi connectivity index (χ1) is 7.07. The summed E-state index contributed by atoms with van der Waals surface area (Å²) in [7, 11) is 0. The van der Waals surface area contributed by atoms with Gasteiger partial charge in [-0.2, -0.15) is 5.26 Å². The lowest BCUT2D eigenvalue weighted by atomic mass is 10.1. The quantitative estimate of drug-likeness (QED) is 0.616. The Balaban J connectivity index is 2.62. The first-order valence-corrected chi connectivity index (χ1v) is 4.38. The number of rotatable bonds is 4. The second kappa shape index (κ2) is 4.68. The highest BCUT2D eigenvalue weighted by molar-refractivity contribution is 5.30. The number of aromatic nitrogens is 2. The molecule has 0 fully saturated rings. The first-order valence-electron chi connectivity index (χ1n) is 4.38. The minimum Gasteiger partial charge on any atom is -0.393 e.